The molecule has 23 heavy (non-hydrogen) atoms. The zero-order valence-electron chi connectivity index (χ0n) is 14.0. The summed E-state index contributed by atoms with van der Waals surface area (Å²) in [5.74, 6) is 1.73. The van der Waals surface area contributed by atoms with E-state index in [0.717, 1.165) is 43.7 Å². The van der Waals surface area contributed by atoms with E-state index in [-0.39, 0.29) is 12.0 Å². The van der Waals surface area contributed by atoms with Crippen LogP contribution in [-0.2, 0) is 4.79 Å². The molecule has 0 spiro atoms. The number of benzene rings is 1. The average molecular weight is 320 g/mol. The Balaban J connectivity index is 1.77. The quantitative estimate of drug-likeness (QED) is 0.710. The number of hydrogen-bond donors (Lipinski definition) is 1. The van der Waals surface area contributed by atoms with Gasteiger partial charge in [0.2, 0.25) is 5.91 Å². The predicted octanol–water partition coefficient (Wildman–Crippen LogP) is 2.58. The first kappa shape index (κ1) is 17.6. The molecule has 0 saturated carbocycles. The van der Waals surface area contributed by atoms with Crippen LogP contribution in [0.4, 0.5) is 0 Å². The minimum atomic E-state index is -0.106. The Morgan fingerprint density at radius 1 is 1.22 bits per heavy atom. The lowest BCUT2D eigenvalue weighted by Gasteiger charge is -2.31. The van der Waals surface area contributed by atoms with Crippen molar-refractivity contribution >= 4 is 5.91 Å². The minimum Gasteiger partial charge on any atom is -0.486 e. The molecule has 0 aliphatic carbocycles. The molecule has 0 bridgehead atoms. The maximum atomic E-state index is 12.3. The Kier molecular flexibility index (Phi) is 7.20. The maximum absolute atomic E-state index is 12.3. The Morgan fingerprint density at radius 3 is 2.70 bits per heavy atom. The lowest BCUT2D eigenvalue weighted by molar-refractivity contribution is -0.132. The molecule has 1 aliphatic heterocycles. The molecule has 0 saturated heterocycles. The van der Waals surface area contributed by atoms with Crippen molar-refractivity contribution in [2.45, 2.75) is 45.1 Å². The fourth-order valence-corrected chi connectivity index (χ4v) is 2.74. The van der Waals surface area contributed by atoms with Crippen molar-refractivity contribution in [1.29, 1.82) is 0 Å². The van der Waals surface area contributed by atoms with Gasteiger partial charge < -0.3 is 20.1 Å². The van der Waals surface area contributed by atoms with E-state index in [1.54, 1.807) is 0 Å². The third kappa shape index (κ3) is 5.43. The lowest BCUT2D eigenvalue weighted by Crippen LogP contribution is -2.43. The van der Waals surface area contributed by atoms with E-state index in [4.69, 9.17) is 15.2 Å². The number of nitrogens with two attached hydrogens (primary N) is 1. The van der Waals surface area contributed by atoms with Crippen molar-refractivity contribution < 1.29 is 14.3 Å². The van der Waals surface area contributed by atoms with E-state index in [2.05, 4.69) is 0 Å². The summed E-state index contributed by atoms with van der Waals surface area (Å²) in [5, 5.41) is 0. The van der Waals surface area contributed by atoms with Crippen molar-refractivity contribution in [2.75, 3.05) is 26.2 Å². The van der Waals surface area contributed by atoms with E-state index in [0.29, 0.717) is 26.1 Å². The van der Waals surface area contributed by atoms with E-state index in [1.165, 1.54) is 0 Å². The third-order valence-electron chi connectivity index (χ3n) is 4.07. The molecular weight excluding hydrogens is 292 g/mol. The molecule has 1 amide bonds. The van der Waals surface area contributed by atoms with Gasteiger partial charge in [-0.15, -0.1) is 0 Å². The van der Waals surface area contributed by atoms with Crippen LogP contribution in [0.2, 0.25) is 0 Å². The number of para-hydroxylation sites is 2. The standard InChI is InChI=1S/C18H28N2O3/c1-2-20(18(21)11-5-3-4-8-12-19)13-15-14-22-16-9-6-7-10-17(16)23-15/h6-7,9-10,15H,2-5,8,11-14,19H2,1H3. The molecule has 1 atom stereocenters. The van der Waals surface area contributed by atoms with Crippen molar-refractivity contribution in [3.8, 4) is 11.5 Å². The van der Waals surface area contributed by atoms with Crippen LogP contribution in [-0.4, -0.2) is 43.2 Å². The number of carbonyl (C=O) groups excluding carboxylic acids is 1. The van der Waals surface area contributed by atoms with Gasteiger partial charge in [0, 0.05) is 13.0 Å². The summed E-state index contributed by atoms with van der Waals surface area (Å²) in [4.78, 5) is 14.2. The molecule has 0 fully saturated rings. The summed E-state index contributed by atoms with van der Waals surface area (Å²) < 4.78 is 11.7. The van der Waals surface area contributed by atoms with Gasteiger partial charge in [-0.25, -0.2) is 0 Å². The van der Waals surface area contributed by atoms with Gasteiger partial charge in [0.05, 0.1) is 6.54 Å². The fraction of sp³-hybridized carbons (Fsp3) is 0.611. The number of unbranched alkanes of at least 4 members (excludes halogenated alkanes) is 3. The topological polar surface area (TPSA) is 64.8 Å². The van der Waals surface area contributed by atoms with Crippen LogP contribution in [0.15, 0.2) is 24.3 Å². The van der Waals surface area contributed by atoms with Crippen LogP contribution < -0.4 is 15.2 Å². The number of fused-ring (bicyclic) bond motifs is 1. The van der Waals surface area contributed by atoms with Crippen LogP contribution in [0, 0.1) is 0 Å². The van der Waals surface area contributed by atoms with Crippen LogP contribution in [0.25, 0.3) is 0 Å². The highest BCUT2D eigenvalue weighted by atomic mass is 16.6. The highest BCUT2D eigenvalue weighted by Gasteiger charge is 2.24. The second-order valence-electron chi connectivity index (χ2n) is 5.88. The molecule has 1 aromatic carbocycles. The summed E-state index contributed by atoms with van der Waals surface area (Å²) in [6.07, 6.45) is 4.63. The molecule has 0 aromatic heterocycles. The average Bonchev–Trinajstić information content (AvgIpc) is 2.59. The number of nitrogens with zero attached hydrogens (tertiary/aromatic N) is 1. The van der Waals surface area contributed by atoms with Crippen LogP contribution in [0.1, 0.15) is 39.0 Å². The van der Waals surface area contributed by atoms with E-state index < -0.39 is 0 Å². The Morgan fingerprint density at radius 2 is 1.96 bits per heavy atom. The monoisotopic (exact) mass is 320 g/mol. The van der Waals surface area contributed by atoms with Gasteiger partial charge in [0.15, 0.2) is 17.6 Å². The Bertz CT molecular complexity index is 493. The van der Waals surface area contributed by atoms with E-state index in [1.807, 2.05) is 36.1 Å². The first-order valence-electron chi connectivity index (χ1n) is 8.61. The smallest absolute Gasteiger partial charge is 0.222 e. The molecule has 1 unspecified atom stereocenters. The van der Waals surface area contributed by atoms with Crippen molar-refractivity contribution in [3.05, 3.63) is 24.3 Å². The Hall–Kier alpha value is -1.75. The SMILES string of the molecule is CCN(CC1COc2ccccc2O1)C(=O)CCCCCCN. The van der Waals surface area contributed by atoms with Crippen molar-refractivity contribution in [1.82, 2.24) is 4.90 Å². The first-order chi connectivity index (χ1) is 11.2. The summed E-state index contributed by atoms with van der Waals surface area (Å²) in [7, 11) is 0. The van der Waals surface area contributed by atoms with Gasteiger partial charge in [0.25, 0.3) is 0 Å². The molecule has 2 N–H and O–H groups in total. The highest BCUT2D eigenvalue weighted by molar-refractivity contribution is 5.76. The van der Waals surface area contributed by atoms with Crippen LogP contribution >= 0.6 is 0 Å². The molecule has 1 aromatic rings. The normalized spacial score (nSPS) is 16.2. The third-order valence-corrected chi connectivity index (χ3v) is 4.07. The molecule has 128 valence electrons. The maximum Gasteiger partial charge on any atom is 0.222 e. The number of hydrogen-bond acceptors (Lipinski definition) is 4. The van der Waals surface area contributed by atoms with Gasteiger partial charge in [0.1, 0.15) is 6.61 Å². The van der Waals surface area contributed by atoms with Crippen LogP contribution in [0.3, 0.4) is 0 Å². The summed E-state index contributed by atoms with van der Waals surface area (Å²) in [5.41, 5.74) is 5.48. The molecular formula is C18H28N2O3. The minimum absolute atomic E-state index is 0.106. The Labute approximate surface area is 138 Å². The second kappa shape index (κ2) is 9.40. The first-order valence-corrected chi connectivity index (χ1v) is 8.61. The van der Waals surface area contributed by atoms with Gasteiger partial charge in [-0.1, -0.05) is 25.0 Å². The summed E-state index contributed by atoms with van der Waals surface area (Å²) in [6.45, 7) is 4.49. The predicted molar refractivity (Wildman–Crippen MR) is 90.7 cm³/mol. The number of amides is 1. The van der Waals surface area contributed by atoms with Gasteiger partial charge in [-0.3, -0.25) is 4.79 Å². The van der Waals surface area contributed by atoms with E-state index >= 15 is 0 Å². The number of rotatable bonds is 9. The largest absolute Gasteiger partial charge is 0.486 e. The number of carbonyl (C=O) groups is 1. The summed E-state index contributed by atoms with van der Waals surface area (Å²) in [6, 6.07) is 7.65. The second-order valence-corrected chi connectivity index (χ2v) is 5.88. The van der Waals surface area contributed by atoms with Crippen molar-refractivity contribution in [2.24, 2.45) is 5.73 Å². The van der Waals surface area contributed by atoms with E-state index in [9.17, 15) is 4.79 Å². The zero-order valence-corrected chi connectivity index (χ0v) is 14.0. The highest BCUT2D eigenvalue weighted by Crippen LogP contribution is 2.31. The molecule has 5 nitrogen and oxygen atoms in total. The summed E-state index contributed by atoms with van der Waals surface area (Å²) >= 11 is 0. The lowest BCUT2D eigenvalue weighted by atomic mass is 10.1. The fourth-order valence-electron chi connectivity index (χ4n) is 2.74. The molecule has 1 aliphatic rings. The number of likely N-dealkylation sites (N-methyl/N-ethyl adjacent to an activating group) is 1. The molecule has 2 rings (SSSR count). The van der Waals surface area contributed by atoms with Gasteiger partial charge in [-0.05, 0) is 38.4 Å². The van der Waals surface area contributed by atoms with Gasteiger partial charge >= 0.3 is 0 Å². The van der Waals surface area contributed by atoms with Crippen LogP contribution in [0.5, 0.6) is 11.5 Å². The molecule has 0 radical (unpaired) electrons. The molecule has 1 heterocycles. The number of ether oxygens (including phenoxy) is 2. The zero-order chi connectivity index (χ0) is 16.5. The van der Waals surface area contributed by atoms with Crippen molar-refractivity contribution in [3.63, 3.8) is 0 Å². The molecule has 5 heteroatoms. The van der Waals surface area contributed by atoms with Gasteiger partial charge in [-0.2, -0.15) is 0 Å².